The summed E-state index contributed by atoms with van der Waals surface area (Å²) in [5.74, 6) is -4.02. The van der Waals surface area contributed by atoms with E-state index in [1.807, 2.05) is 0 Å². The molecule has 0 spiro atoms. The van der Waals surface area contributed by atoms with Crippen LogP contribution in [-0.4, -0.2) is 68.8 Å². The van der Waals surface area contributed by atoms with Crippen LogP contribution in [0.2, 0.25) is 0 Å². The van der Waals surface area contributed by atoms with E-state index < -0.39 is 68.8 Å². The number of benzene rings is 1. The van der Waals surface area contributed by atoms with Crippen LogP contribution in [0.4, 0.5) is 0 Å². The van der Waals surface area contributed by atoms with Crippen LogP contribution in [0.1, 0.15) is 107 Å². The summed E-state index contributed by atoms with van der Waals surface area (Å²) in [6, 6.07) is 8.40. The van der Waals surface area contributed by atoms with Crippen LogP contribution in [0.3, 0.4) is 0 Å². The molecule has 0 aliphatic rings. The van der Waals surface area contributed by atoms with Crippen molar-refractivity contribution in [2.75, 3.05) is 0 Å². The maximum atomic E-state index is 13.4. The van der Waals surface area contributed by atoms with E-state index in [-0.39, 0.29) is 5.92 Å². The first kappa shape index (κ1) is 39.1. The summed E-state index contributed by atoms with van der Waals surface area (Å²) in [7, 11) is 0. The molecule has 252 valence electrons. The molecule has 0 fully saturated rings. The minimum atomic E-state index is -1.53. The highest BCUT2D eigenvalue weighted by Crippen LogP contribution is 2.23. The maximum Gasteiger partial charge on any atom is 0.332 e. The maximum absolute atomic E-state index is 13.4. The molecular weight excluding hydrogens is 578 g/mol. The van der Waals surface area contributed by atoms with Crippen molar-refractivity contribution in [3.63, 3.8) is 0 Å². The van der Waals surface area contributed by atoms with E-state index in [2.05, 4.69) is 26.6 Å². The second-order valence-corrected chi connectivity index (χ2v) is 15.0. The van der Waals surface area contributed by atoms with Crippen molar-refractivity contribution in [2.45, 2.75) is 130 Å². The zero-order valence-corrected chi connectivity index (χ0v) is 29.3. The van der Waals surface area contributed by atoms with E-state index in [9.17, 15) is 28.8 Å². The molecule has 5 N–H and O–H groups in total. The van der Waals surface area contributed by atoms with Gasteiger partial charge in [0.25, 0.3) is 5.91 Å². The molecule has 0 heterocycles. The average Bonchev–Trinajstić information content (AvgIpc) is 2.86. The molecule has 12 nitrogen and oxygen atoms in total. The van der Waals surface area contributed by atoms with Crippen molar-refractivity contribution in [3.05, 3.63) is 35.9 Å². The average molecular weight is 632 g/mol. The zero-order chi connectivity index (χ0) is 35.4. The molecule has 0 bridgehead atoms. The van der Waals surface area contributed by atoms with Gasteiger partial charge in [0.05, 0.1) is 0 Å². The van der Waals surface area contributed by atoms with Gasteiger partial charge in [0.15, 0.2) is 0 Å². The van der Waals surface area contributed by atoms with E-state index in [4.69, 9.17) is 4.74 Å². The molecule has 5 amide bonds. The summed E-state index contributed by atoms with van der Waals surface area (Å²) >= 11 is 0. The highest BCUT2D eigenvalue weighted by atomic mass is 16.6. The summed E-state index contributed by atoms with van der Waals surface area (Å²) in [4.78, 5) is 78.8. The second-order valence-electron chi connectivity index (χ2n) is 15.0. The van der Waals surface area contributed by atoms with Gasteiger partial charge in [-0.2, -0.15) is 0 Å². The van der Waals surface area contributed by atoms with Crippen LogP contribution in [-0.2, 0) is 28.7 Å². The van der Waals surface area contributed by atoms with Crippen LogP contribution < -0.4 is 26.6 Å². The summed E-state index contributed by atoms with van der Waals surface area (Å²) < 4.78 is 5.54. The Hall–Kier alpha value is -3.96. The molecule has 0 radical (unpaired) electrons. The quantitative estimate of drug-likeness (QED) is 0.221. The van der Waals surface area contributed by atoms with E-state index in [0.717, 1.165) is 0 Å². The van der Waals surface area contributed by atoms with E-state index >= 15 is 0 Å². The van der Waals surface area contributed by atoms with E-state index in [0.29, 0.717) is 5.56 Å². The van der Waals surface area contributed by atoms with Crippen molar-refractivity contribution < 1.29 is 33.5 Å². The molecule has 0 saturated heterocycles. The normalized spacial score (nSPS) is 14.0. The molecule has 0 aromatic heterocycles. The number of hydrogen-bond donors (Lipinski definition) is 5. The molecule has 1 aromatic rings. The Labute approximate surface area is 267 Å². The number of esters is 1. The largest absolute Gasteiger partial charge is 0.458 e. The topological polar surface area (TPSA) is 172 Å². The van der Waals surface area contributed by atoms with Crippen molar-refractivity contribution in [1.29, 1.82) is 0 Å². The Morgan fingerprint density at radius 1 is 0.533 bits per heavy atom. The standard InChI is InChI=1S/C33H53N5O7/c1-20(2)33(14,27(44)45-28(3,4)5)38-26(43)32(12,13)37-25(42)31(10,11)36-24(41)30(8,9)35-23(40)29(6,7)34-22(39)21-18-16-15-17-19-21/h15-20H,1-14H3,(H,34,39)(H,35,40)(H,36,41)(H,37,42)(H,38,43)/t33-/m0/s1. The van der Waals surface area contributed by atoms with Gasteiger partial charge in [0.1, 0.15) is 33.3 Å². The fourth-order valence-corrected chi connectivity index (χ4v) is 3.70. The number of carbonyl (C=O) groups excluding carboxylic acids is 6. The summed E-state index contributed by atoms with van der Waals surface area (Å²) in [6.07, 6.45) is 0. The van der Waals surface area contributed by atoms with Gasteiger partial charge in [-0.3, -0.25) is 24.0 Å². The summed E-state index contributed by atoms with van der Waals surface area (Å²) in [5.41, 5.74) is -7.68. The smallest absolute Gasteiger partial charge is 0.332 e. The molecule has 1 rings (SSSR count). The van der Waals surface area contributed by atoms with Crippen LogP contribution in [0.5, 0.6) is 0 Å². The highest BCUT2D eigenvalue weighted by Gasteiger charge is 2.46. The molecule has 0 saturated carbocycles. The fourth-order valence-electron chi connectivity index (χ4n) is 3.70. The van der Waals surface area contributed by atoms with Gasteiger partial charge in [-0.15, -0.1) is 0 Å². The van der Waals surface area contributed by atoms with Crippen LogP contribution in [0, 0.1) is 5.92 Å². The summed E-state index contributed by atoms with van der Waals surface area (Å²) in [6.45, 7) is 22.1. The lowest BCUT2D eigenvalue weighted by Crippen LogP contribution is -2.69. The van der Waals surface area contributed by atoms with Crippen molar-refractivity contribution in [2.24, 2.45) is 5.92 Å². The fraction of sp³-hybridized carbons (Fsp3) is 0.636. The van der Waals surface area contributed by atoms with Crippen molar-refractivity contribution in [3.8, 4) is 0 Å². The van der Waals surface area contributed by atoms with E-state index in [1.54, 1.807) is 71.9 Å². The minimum Gasteiger partial charge on any atom is -0.458 e. The summed E-state index contributed by atoms with van der Waals surface area (Å²) in [5, 5.41) is 13.3. The third-order valence-corrected chi connectivity index (χ3v) is 7.36. The molecular formula is C33H53N5O7. The van der Waals surface area contributed by atoms with Gasteiger partial charge in [0, 0.05) is 5.56 Å². The van der Waals surface area contributed by atoms with Crippen molar-refractivity contribution in [1.82, 2.24) is 26.6 Å². The highest BCUT2D eigenvalue weighted by molar-refractivity contribution is 6.02. The first-order valence-electron chi connectivity index (χ1n) is 15.0. The molecule has 12 heteroatoms. The SMILES string of the molecule is CC(C)[C@](C)(NC(=O)C(C)(C)NC(=O)C(C)(C)NC(=O)C(C)(C)NC(=O)C(C)(C)NC(=O)c1ccccc1)C(=O)OC(C)(C)C. The first-order chi connectivity index (χ1) is 20.1. The van der Waals surface area contributed by atoms with Gasteiger partial charge in [-0.05, 0) is 101 Å². The monoisotopic (exact) mass is 631 g/mol. The van der Waals surface area contributed by atoms with Gasteiger partial charge < -0.3 is 31.3 Å². The Morgan fingerprint density at radius 3 is 1.20 bits per heavy atom. The van der Waals surface area contributed by atoms with Crippen LogP contribution >= 0.6 is 0 Å². The second kappa shape index (κ2) is 13.6. The number of ether oxygens (including phenoxy) is 1. The lowest BCUT2D eigenvalue weighted by atomic mass is 9.86. The molecule has 1 atom stereocenters. The zero-order valence-electron chi connectivity index (χ0n) is 29.3. The minimum absolute atomic E-state index is 0.340. The Bertz CT molecular complexity index is 1290. The molecule has 1 aromatic carbocycles. The third-order valence-electron chi connectivity index (χ3n) is 7.36. The van der Waals surface area contributed by atoms with Crippen LogP contribution in [0.25, 0.3) is 0 Å². The number of rotatable bonds is 12. The van der Waals surface area contributed by atoms with Gasteiger partial charge in [0.2, 0.25) is 23.6 Å². The lowest BCUT2D eigenvalue weighted by Gasteiger charge is -2.39. The number of hydrogen-bond acceptors (Lipinski definition) is 7. The molecule has 45 heavy (non-hydrogen) atoms. The molecule has 0 unspecified atom stereocenters. The Balaban J connectivity index is 2.98. The van der Waals surface area contributed by atoms with Gasteiger partial charge in [-0.25, -0.2) is 4.79 Å². The third kappa shape index (κ3) is 10.6. The number of nitrogens with one attached hydrogen (secondary N) is 5. The predicted octanol–water partition coefficient (Wildman–Crippen LogP) is 2.75. The lowest BCUT2D eigenvalue weighted by molar-refractivity contribution is -0.166. The van der Waals surface area contributed by atoms with Crippen molar-refractivity contribution >= 4 is 35.5 Å². The van der Waals surface area contributed by atoms with Gasteiger partial charge >= 0.3 is 5.97 Å². The Kier molecular flexibility index (Phi) is 11.8. The Morgan fingerprint density at radius 2 is 0.867 bits per heavy atom. The first-order valence-corrected chi connectivity index (χ1v) is 15.0. The van der Waals surface area contributed by atoms with Crippen LogP contribution in [0.15, 0.2) is 30.3 Å². The predicted molar refractivity (Wildman–Crippen MR) is 172 cm³/mol. The number of amides is 5. The molecule has 0 aliphatic heterocycles. The number of carbonyl (C=O) groups is 6. The van der Waals surface area contributed by atoms with E-state index in [1.165, 1.54) is 55.4 Å². The van der Waals surface area contributed by atoms with Gasteiger partial charge in [-0.1, -0.05) is 32.0 Å². The molecule has 0 aliphatic carbocycles.